The van der Waals surface area contributed by atoms with Gasteiger partial charge in [0.15, 0.2) is 0 Å². The molecule has 0 saturated heterocycles. The molecule has 0 radical (unpaired) electrons. The van der Waals surface area contributed by atoms with Gasteiger partial charge < -0.3 is 10.2 Å². The van der Waals surface area contributed by atoms with Crippen LogP contribution in [0.25, 0.3) is 0 Å². The van der Waals surface area contributed by atoms with Crippen LogP contribution in [-0.4, -0.2) is 34.6 Å². The zero-order valence-electron chi connectivity index (χ0n) is 20.8. The van der Waals surface area contributed by atoms with E-state index >= 15 is 0 Å². The van der Waals surface area contributed by atoms with Crippen LogP contribution in [0.5, 0.6) is 0 Å². The molecule has 3 aromatic rings. The zero-order valence-corrected chi connectivity index (χ0v) is 23.2. The van der Waals surface area contributed by atoms with Crippen molar-refractivity contribution in [3.05, 3.63) is 105 Å². The molecule has 0 heterocycles. The highest BCUT2D eigenvalue weighted by atomic mass is 35.5. The minimum atomic E-state index is -0.637. The van der Waals surface area contributed by atoms with Crippen molar-refractivity contribution in [2.75, 3.05) is 5.75 Å². The predicted octanol–water partition coefficient (Wildman–Crippen LogP) is 6.70. The molecule has 190 valence electrons. The maximum Gasteiger partial charge on any atom is 0.243 e. The quantitative estimate of drug-likeness (QED) is 0.293. The number of nitrogens with zero attached hydrogens (tertiary/aromatic N) is 1. The smallest absolute Gasteiger partial charge is 0.243 e. The molecular formula is C29H32Cl2N2O2S. The summed E-state index contributed by atoms with van der Waals surface area (Å²) in [6, 6.07) is 22.6. The van der Waals surface area contributed by atoms with Crippen LogP contribution in [0.15, 0.2) is 72.8 Å². The lowest BCUT2D eigenvalue weighted by Gasteiger charge is -2.32. The van der Waals surface area contributed by atoms with Crippen LogP contribution in [0.4, 0.5) is 0 Å². The van der Waals surface area contributed by atoms with Gasteiger partial charge in [-0.1, -0.05) is 89.4 Å². The van der Waals surface area contributed by atoms with E-state index in [9.17, 15) is 9.59 Å². The monoisotopic (exact) mass is 542 g/mol. The SMILES string of the molecule is Cc1cccc(CN(C(=O)CSCc2ccc(Cl)cc2Cl)[C@@H](Cc2ccccc2)C(=O)NC(C)C)c1. The Labute approximate surface area is 228 Å². The Morgan fingerprint density at radius 1 is 0.944 bits per heavy atom. The van der Waals surface area contributed by atoms with Crippen molar-refractivity contribution >= 4 is 46.8 Å². The van der Waals surface area contributed by atoms with E-state index in [-0.39, 0.29) is 23.6 Å². The summed E-state index contributed by atoms with van der Waals surface area (Å²) < 4.78 is 0. The molecule has 4 nitrogen and oxygen atoms in total. The first-order valence-corrected chi connectivity index (χ1v) is 13.8. The van der Waals surface area contributed by atoms with E-state index in [1.807, 2.05) is 75.4 Å². The lowest BCUT2D eigenvalue weighted by atomic mass is 10.0. The average Bonchev–Trinajstić information content (AvgIpc) is 2.83. The molecule has 0 aliphatic heterocycles. The van der Waals surface area contributed by atoms with Crippen LogP contribution >= 0.6 is 35.0 Å². The van der Waals surface area contributed by atoms with Gasteiger partial charge in [-0.15, -0.1) is 11.8 Å². The molecule has 0 spiro atoms. The molecule has 36 heavy (non-hydrogen) atoms. The summed E-state index contributed by atoms with van der Waals surface area (Å²) in [6.07, 6.45) is 0.435. The highest BCUT2D eigenvalue weighted by Gasteiger charge is 2.30. The van der Waals surface area contributed by atoms with Crippen molar-refractivity contribution in [1.82, 2.24) is 10.2 Å². The summed E-state index contributed by atoms with van der Waals surface area (Å²) in [4.78, 5) is 28.8. The van der Waals surface area contributed by atoms with Gasteiger partial charge in [-0.2, -0.15) is 0 Å². The number of rotatable bonds is 11. The number of carbonyl (C=O) groups is 2. The van der Waals surface area contributed by atoms with Crippen LogP contribution in [0.2, 0.25) is 10.0 Å². The molecule has 0 aromatic heterocycles. The third kappa shape index (κ3) is 8.58. The lowest BCUT2D eigenvalue weighted by Crippen LogP contribution is -2.52. The molecule has 0 saturated carbocycles. The number of benzene rings is 3. The van der Waals surface area contributed by atoms with Gasteiger partial charge in [0.2, 0.25) is 11.8 Å². The molecule has 1 atom stereocenters. The van der Waals surface area contributed by atoms with E-state index in [1.54, 1.807) is 17.0 Å². The van der Waals surface area contributed by atoms with Gasteiger partial charge in [0.1, 0.15) is 6.04 Å². The minimum absolute atomic E-state index is 0.0342. The van der Waals surface area contributed by atoms with Gasteiger partial charge in [-0.05, 0) is 49.6 Å². The van der Waals surface area contributed by atoms with E-state index < -0.39 is 6.04 Å². The van der Waals surface area contributed by atoms with Gasteiger partial charge in [0, 0.05) is 34.8 Å². The summed E-state index contributed by atoms with van der Waals surface area (Å²) in [5, 5.41) is 4.18. The van der Waals surface area contributed by atoms with Gasteiger partial charge >= 0.3 is 0 Å². The van der Waals surface area contributed by atoms with Crippen molar-refractivity contribution in [1.29, 1.82) is 0 Å². The Morgan fingerprint density at radius 3 is 2.33 bits per heavy atom. The molecule has 1 N–H and O–H groups in total. The lowest BCUT2D eigenvalue weighted by molar-refractivity contribution is -0.139. The summed E-state index contributed by atoms with van der Waals surface area (Å²) >= 11 is 13.8. The Hall–Kier alpha value is -2.47. The predicted molar refractivity (Wildman–Crippen MR) is 152 cm³/mol. The largest absolute Gasteiger partial charge is 0.352 e. The standard InChI is InChI=1S/C29H32Cl2N2O2S/c1-20(2)32-29(35)27(15-22-9-5-4-6-10-22)33(17-23-11-7-8-21(3)14-23)28(34)19-36-18-24-12-13-25(30)16-26(24)31/h4-14,16,20,27H,15,17-19H2,1-3H3,(H,32,35)/t27-/m0/s1. The second kappa shape index (κ2) is 13.7. The summed E-state index contributed by atoms with van der Waals surface area (Å²) in [5.41, 5.74) is 4.02. The maximum atomic E-state index is 13.7. The first kappa shape index (κ1) is 28.1. The summed E-state index contributed by atoms with van der Waals surface area (Å²) in [5.74, 6) is 0.555. The fourth-order valence-corrected chi connectivity index (χ4v) is 5.38. The number of amides is 2. The molecule has 0 aliphatic carbocycles. The molecule has 3 aromatic carbocycles. The van der Waals surface area contributed by atoms with E-state index in [2.05, 4.69) is 11.4 Å². The first-order chi connectivity index (χ1) is 17.2. The van der Waals surface area contributed by atoms with E-state index in [4.69, 9.17) is 23.2 Å². The number of hydrogen-bond donors (Lipinski definition) is 1. The number of hydrogen-bond acceptors (Lipinski definition) is 3. The Balaban J connectivity index is 1.85. The van der Waals surface area contributed by atoms with Crippen molar-refractivity contribution < 1.29 is 9.59 Å². The zero-order chi connectivity index (χ0) is 26.1. The highest BCUT2D eigenvalue weighted by molar-refractivity contribution is 7.99. The average molecular weight is 544 g/mol. The maximum absolute atomic E-state index is 13.7. The third-order valence-corrected chi connectivity index (χ3v) is 7.19. The summed E-state index contributed by atoms with van der Waals surface area (Å²) in [6.45, 7) is 6.23. The molecule has 0 fully saturated rings. The molecule has 0 unspecified atom stereocenters. The fraction of sp³-hybridized carbons (Fsp3) is 0.310. The molecular weight excluding hydrogens is 511 g/mol. The topological polar surface area (TPSA) is 49.4 Å². The van der Waals surface area contributed by atoms with Crippen LogP contribution in [0.3, 0.4) is 0 Å². The van der Waals surface area contributed by atoms with Gasteiger partial charge in [0.25, 0.3) is 0 Å². The number of thioether (sulfide) groups is 1. The van der Waals surface area contributed by atoms with Crippen molar-refractivity contribution in [2.45, 2.75) is 51.6 Å². The Kier molecular flexibility index (Phi) is 10.7. The van der Waals surface area contributed by atoms with Gasteiger partial charge in [-0.3, -0.25) is 9.59 Å². The number of carbonyl (C=O) groups excluding carboxylic acids is 2. The van der Waals surface area contributed by atoms with Crippen molar-refractivity contribution in [3.8, 4) is 0 Å². The van der Waals surface area contributed by atoms with Crippen LogP contribution in [-0.2, 0) is 28.3 Å². The highest BCUT2D eigenvalue weighted by Crippen LogP contribution is 2.25. The van der Waals surface area contributed by atoms with E-state index in [0.29, 0.717) is 28.8 Å². The fourth-order valence-electron chi connectivity index (χ4n) is 3.91. The van der Waals surface area contributed by atoms with E-state index in [0.717, 1.165) is 22.3 Å². The Morgan fingerprint density at radius 2 is 1.67 bits per heavy atom. The van der Waals surface area contributed by atoms with E-state index in [1.165, 1.54) is 11.8 Å². The number of nitrogens with one attached hydrogen (secondary N) is 1. The normalized spacial score (nSPS) is 11.8. The van der Waals surface area contributed by atoms with Crippen LogP contribution in [0, 0.1) is 6.92 Å². The minimum Gasteiger partial charge on any atom is -0.352 e. The molecule has 7 heteroatoms. The Bertz CT molecular complexity index is 1170. The first-order valence-electron chi connectivity index (χ1n) is 11.9. The van der Waals surface area contributed by atoms with Crippen LogP contribution < -0.4 is 5.32 Å². The van der Waals surface area contributed by atoms with Gasteiger partial charge in [-0.25, -0.2) is 0 Å². The second-order valence-electron chi connectivity index (χ2n) is 9.11. The molecule has 2 amide bonds. The third-order valence-electron chi connectivity index (χ3n) is 5.64. The van der Waals surface area contributed by atoms with Crippen molar-refractivity contribution in [3.63, 3.8) is 0 Å². The van der Waals surface area contributed by atoms with Gasteiger partial charge in [0.05, 0.1) is 5.75 Å². The van der Waals surface area contributed by atoms with Crippen molar-refractivity contribution in [2.24, 2.45) is 0 Å². The second-order valence-corrected chi connectivity index (χ2v) is 10.9. The molecule has 3 rings (SSSR count). The number of halogens is 2. The number of aryl methyl sites for hydroxylation is 1. The summed E-state index contributed by atoms with van der Waals surface area (Å²) in [7, 11) is 0. The molecule has 0 aliphatic rings. The molecule has 0 bridgehead atoms. The van der Waals surface area contributed by atoms with Crippen LogP contribution in [0.1, 0.15) is 36.1 Å².